The van der Waals surface area contributed by atoms with Crippen molar-refractivity contribution in [1.29, 1.82) is 0 Å². The van der Waals surface area contributed by atoms with E-state index < -0.39 is 0 Å². The molecule has 20 heavy (non-hydrogen) atoms. The molecule has 108 valence electrons. The van der Waals surface area contributed by atoms with Crippen LogP contribution in [0.4, 0.5) is 0 Å². The molecule has 0 bridgehead atoms. The van der Waals surface area contributed by atoms with E-state index in [1.54, 1.807) is 7.11 Å². The summed E-state index contributed by atoms with van der Waals surface area (Å²) in [5.74, 6) is 2.63. The van der Waals surface area contributed by atoms with Crippen LogP contribution >= 0.6 is 0 Å². The third kappa shape index (κ3) is 3.36. The van der Waals surface area contributed by atoms with E-state index in [-0.39, 0.29) is 6.04 Å². The monoisotopic (exact) mass is 274 g/mol. The summed E-state index contributed by atoms with van der Waals surface area (Å²) in [5.41, 5.74) is 1.22. The van der Waals surface area contributed by atoms with Crippen LogP contribution in [0.1, 0.15) is 30.2 Å². The van der Waals surface area contributed by atoms with E-state index in [0.29, 0.717) is 0 Å². The summed E-state index contributed by atoms with van der Waals surface area (Å²) in [6.45, 7) is 7.68. The molecule has 1 unspecified atom stereocenters. The van der Waals surface area contributed by atoms with Gasteiger partial charge in [0.15, 0.2) is 0 Å². The van der Waals surface area contributed by atoms with Crippen molar-refractivity contribution in [2.24, 2.45) is 0 Å². The lowest BCUT2D eigenvalue weighted by Crippen LogP contribution is -2.26. The normalized spacial score (nSPS) is 12.4. The summed E-state index contributed by atoms with van der Waals surface area (Å²) in [7, 11) is 1.68. The van der Waals surface area contributed by atoms with Gasteiger partial charge in [-0.15, -0.1) is 0 Å². The van der Waals surface area contributed by atoms with Gasteiger partial charge in [0.1, 0.15) is 17.4 Å². The second-order valence-electron chi connectivity index (χ2n) is 4.77. The van der Waals surface area contributed by atoms with E-state index in [1.807, 2.05) is 30.7 Å². The summed E-state index contributed by atoms with van der Waals surface area (Å²) in [6.07, 6.45) is 0. The topological polar surface area (TPSA) is 52.0 Å². The number of aryl methyl sites for hydroxylation is 2. The molecule has 0 aliphatic heterocycles. The van der Waals surface area contributed by atoms with Gasteiger partial charge in [0.05, 0.1) is 19.7 Å². The minimum atomic E-state index is 0.214. The van der Waals surface area contributed by atoms with Crippen molar-refractivity contribution in [3.05, 3.63) is 41.5 Å². The summed E-state index contributed by atoms with van der Waals surface area (Å²) in [6, 6.07) is 8.36. The lowest BCUT2D eigenvalue weighted by Gasteiger charge is -2.19. The first-order valence-corrected chi connectivity index (χ1v) is 6.89. The maximum absolute atomic E-state index is 5.20. The molecule has 0 saturated heterocycles. The molecule has 0 aliphatic carbocycles. The SMILES string of the molecule is CCNC(Cn1nc(C)nc1C)c1ccc(OC)cc1. The lowest BCUT2D eigenvalue weighted by atomic mass is 10.1. The number of benzene rings is 1. The minimum Gasteiger partial charge on any atom is -0.497 e. The molecule has 1 atom stereocenters. The van der Waals surface area contributed by atoms with E-state index >= 15 is 0 Å². The highest BCUT2D eigenvalue weighted by molar-refractivity contribution is 5.29. The number of hydrogen-bond acceptors (Lipinski definition) is 4. The Labute approximate surface area is 120 Å². The zero-order valence-corrected chi connectivity index (χ0v) is 12.6. The molecule has 0 radical (unpaired) electrons. The average molecular weight is 274 g/mol. The first-order chi connectivity index (χ1) is 9.63. The molecular weight excluding hydrogens is 252 g/mol. The predicted octanol–water partition coefficient (Wildman–Crippen LogP) is 2.25. The van der Waals surface area contributed by atoms with Gasteiger partial charge < -0.3 is 10.1 Å². The molecule has 5 heteroatoms. The van der Waals surface area contributed by atoms with Crippen LogP contribution in [-0.2, 0) is 6.54 Å². The Morgan fingerprint density at radius 2 is 1.95 bits per heavy atom. The third-order valence-electron chi connectivity index (χ3n) is 3.29. The minimum absolute atomic E-state index is 0.214. The van der Waals surface area contributed by atoms with Gasteiger partial charge >= 0.3 is 0 Å². The molecule has 2 rings (SSSR count). The highest BCUT2D eigenvalue weighted by atomic mass is 16.5. The molecule has 1 aromatic carbocycles. The average Bonchev–Trinajstić information content (AvgIpc) is 2.76. The molecule has 0 aliphatic rings. The Hall–Kier alpha value is -1.88. The number of aromatic nitrogens is 3. The maximum atomic E-state index is 5.20. The van der Waals surface area contributed by atoms with Crippen LogP contribution in [0.5, 0.6) is 5.75 Å². The fourth-order valence-electron chi connectivity index (χ4n) is 2.28. The first kappa shape index (κ1) is 14.5. The standard InChI is InChI=1S/C15H22N4O/c1-5-16-15(10-19-12(3)17-11(2)18-19)13-6-8-14(20-4)9-7-13/h6-9,15-16H,5,10H2,1-4H3. The molecule has 1 aromatic heterocycles. The number of methoxy groups -OCH3 is 1. The second kappa shape index (κ2) is 6.52. The highest BCUT2D eigenvalue weighted by Crippen LogP contribution is 2.19. The van der Waals surface area contributed by atoms with Gasteiger partial charge in [0, 0.05) is 0 Å². The Kier molecular flexibility index (Phi) is 4.74. The van der Waals surface area contributed by atoms with Gasteiger partial charge in [-0.3, -0.25) is 0 Å². The summed E-state index contributed by atoms with van der Waals surface area (Å²) in [4.78, 5) is 4.35. The van der Waals surface area contributed by atoms with Crippen molar-refractivity contribution in [2.75, 3.05) is 13.7 Å². The summed E-state index contributed by atoms with van der Waals surface area (Å²) < 4.78 is 7.15. The van der Waals surface area contributed by atoms with Gasteiger partial charge in [-0.1, -0.05) is 19.1 Å². The maximum Gasteiger partial charge on any atom is 0.147 e. The summed E-state index contributed by atoms with van der Waals surface area (Å²) >= 11 is 0. The van der Waals surface area contributed by atoms with Crippen molar-refractivity contribution in [3.8, 4) is 5.75 Å². The number of rotatable bonds is 6. The van der Waals surface area contributed by atoms with Crippen LogP contribution in [0.2, 0.25) is 0 Å². The van der Waals surface area contributed by atoms with Crippen LogP contribution in [0.3, 0.4) is 0 Å². The Balaban J connectivity index is 2.19. The van der Waals surface area contributed by atoms with Crippen LogP contribution in [0, 0.1) is 13.8 Å². The summed E-state index contributed by atoms with van der Waals surface area (Å²) in [5, 5.41) is 7.92. The number of nitrogens with zero attached hydrogens (tertiary/aromatic N) is 3. The van der Waals surface area contributed by atoms with Crippen LogP contribution in [0.15, 0.2) is 24.3 Å². The van der Waals surface area contributed by atoms with Crippen LogP contribution < -0.4 is 10.1 Å². The Morgan fingerprint density at radius 1 is 1.25 bits per heavy atom. The van der Waals surface area contributed by atoms with Gasteiger partial charge in [0.2, 0.25) is 0 Å². The van der Waals surface area contributed by atoms with Crippen molar-refractivity contribution >= 4 is 0 Å². The fourth-order valence-corrected chi connectivity index (χ4v) is 2.28. The van der Waals surface area contributed by atoms with Crippen LogP contribution in [0.25, 0.3) is 0 Å². The van der Waals surface area contributed by atoms with Gasteiger partial charge in [-0.25, -0.2) is 9.67 Å². The molecule has 2 aromatic rings. The quantitative estimate of drug-likeness (QED) is 0.878. The van der Waals surface area contributed by atoms with Crippen molar-refractivity contribution in [1.82, 2.24) is 20.1 Å². The van der Waals surface area contributed by atoms with Crippen molar-refractivity contribution < 1.29 is 4.74 Å². The lowest BCUT2D eigenvalue weighted by molar-refractivity contribution is 0.412. The number of likely N-dealkylation sites (N-methyl/N-ethyl adjacent to an activating group) is 1. The highest BCUT2D eigenvalue weighted by Gasteiger charge is 2.13. The van der Waals surface area contributed by atoms with E-state index in [1.165, 1.54) is 5.56 Å². The molecule has 0 saturated carbocycles. The van der Waals surface area contributed by atoms with Gasteiger partial charge in [0.25, 0.3) is 0 Å². The van der Waals surface area contributed by atoms with Crippen LogP contribution in [-0.4, -0.2) is 28.4 Å². The van der Waals surface area contributed by atoms with E-state index in [4.69, 9.17) is 4.74 Å². The molecule has 0 fully saturated rings. The van der Waals surface area contributed by atoms with E-state index in [0.717, 1.165) is 30.5 Å². The predicted molar refractivity (Wildman–Crippen MR) is 78.9 cm³/mol. The number of ether oxygens (including phenoxy) is 1. The van der Waals surface area contributed by atoms with Crippen molar-refractivity contribution in [3.63, 3.8) is 0 Å². The Bertz CT molecular complexity index is 548. The first-order valence-electron chi connectivity index (χ1n) is 6.89. The zero-order chi connectivity index (χ0) is 14.5. The molecule has 1 heterocycles. The Morgan fingerprint density at radius 3 is 2.45 bits per heavy atom. The smallest absolute Gasteiger partial charge is 0.147 e. The van der Waals surface area contributed by atoms with Crippen molar-refractivity contribution in [2.45, 2.75) is 33.4 Å². The largest absolute Gasteiger partial charge is 0.497 e. The fraction of sp³-hybridized carbons (Fsp3) is 0.467. The van der Waals surface area contributed by atoms with Gasteiger partial charge in [-0.2, -0.15) is 5.10 Å². The molecule has 1 N–H and O–H groups in total. The molecular formula is C15H22N4O. The third-order valence-corrected chi connectivity index (χ3v) is 3.29. The second-order valence-corrected chi connectivity index (χ2v) is 4.77. The molecule has 0 amide bonds. The van der Waals surface area contributed by atoms with E-state index in [9.17, 15) is 0 Å². The molecule has 5 nitrogen and oxygen atoms in total. The zero-order valence-electron chi connectivity index (χ0n) is 12.6. The molecule has 0 spiro atoms. The van der Waals surface area contributed by atoms with E-state index in [2.05, 4.69) is 34.5 Å². The number of nitrogens with one attached hydrogen (secondary N) is 1. The van der Waals surface area contributed by atoms with Gasteiger partial charge in [-0.05, 0) is 38.1 Å². The number of hydrogen-bond donors (Lipinski definition) is 1.